The molecule has 0 amide bonds. The van der Waals surface area contributed by atoms with Gasteiger partial charge >= 0.3 is 0 Å². The summed E-state index contributed by atoms with van der Waals surface area (Å²) < 4.78 is 19.0. The van der Waals surface area contributed by atoms with Crippen molar-refractivity contribution >= 4 is 0 Å². The third-order valence-corrected chi connectivity index (χ3v) is 3.04. The molecule has 0 atom stereocenters. The molecule has 0 saturated heterocycles. The van der Waals surface area contributed by atoms with E-state index >= 15 is 0 Å². The second-order valence-corrected chi connectivity index (χ2v) is 4.42. The molecule has 1 aromatic heterocycles. The largest absolute Gasteiger partial charge is 0.474 e. The lowest BCUT2D eigenvalue weighted by Crippen LogP contribution is -2.17. The van der Waals surface area contributed by atoms with Crippen molar-refractivity contribution in [2.75, 3.05) is 6.54 Å². The van der Waals surface area contributed by atoms with E-state index in [2.05, 4.69) is 10.3 Å². The number of nitrogens with one attached hydrogen (secondary N) is 1. The summed E-state index contributed by atoms with van der Waals surface area (Å²) >= 11 is 0. The molecule has 1 N–H and O–H groups in total. The highest BCUT2D eigenvalue weighted by Gasteiger charge is 2.18. The zero-order chi connectivity index (χ0) is 12.1. The standard InChI is InChI=1S/C13H19FN2O/c1-2-15-8-10-7-11(14)9-16-13(10)17-12-5-3-4-6-12/h7,9,12,15H,2-6,8H2,1H3. The molecule has 17 heavy (non-hydrogen) atoms. The van der Waals surface area contributed by atoms with Crippen LogP contribution in [0.1, 0.15) is 38.2 Å². The number of rotatable bonds is 5. The maximum atomic E-state index is 13.1. The summed E-state index contributed by atoms with van der Waals surface area (Å²) in [6, 6.07) is 1.50. The van der Waals surface area contributed by atoms with Crippen LogP contribution < -0.4 is 10.1 Å². The molecule has 3 nitrogen and oxygen atoms in total. The molecule has 1 fully saturated rings. The fourth-order valence-corrected chi connectivity index (χ4v) is 2.13. The number of halogens is 1. The first-order chi connectivity index (χ1) is 8.29. The van der Waals surface area contributed by atoms with Gasteiger partial charge in [0.05, 0.1) is 6.20 Å². The van der Waals surface area contributed by atoms with Gasteiger partial charge in [-0.1, -0.05) is 6.92 Å². The van der Waals surface area contributed by atoms with Gasteiger partial charge in [0.25, 0.3) is 0 Å². The number of ether oxygens (including phenoxy) is 1. The summed E-state index contributed by atoms with van der Waals surface area (Å²) in [7, 11) is 0. The Balaban J connectivity index is 2.07. The quantitative estimate of drug-likeness (QED) is 0.856. The van der Waals surface area contributed by atoms with E-state index in [1.165, 1.54) is 25.1 Å². The molecule has 94 valence electrons. The van der Waals surface area contributed by atoms with Crippen molar-refractivity contribution in [1.82, 2.24) is 10.3 Å². The van der Waals surface area contributed by atoms with E-state index in [1.54, 1.807) is 0 Å². The van der Waals surface area contributed by atoms with Gasteiger partial charge in [-0.3, -0.25) is 0 Å². The lowest BCUT2D eigenvalue weighted by molar-refractivity contribution is 0.198. The Kier molecular flexibility index (Phi) is 4.31. The van der Waals surface area contributed by atoms with Crippen LogP contribution >= 0.6 is 0 Å². The monoisotopic (exact) mass is 238 g/mol. The van der Waals surface area contributed by atoms with Crippen molar-refractivity contribution in [3.05, 3.63) is 23.6 Å². The Morgan fingerprint density at radius 1 is 1.47 bits per heavy atom. The van der Waals surface area contributed by atoms with Crippen LogP contribution in [-0.4, -0.2) is 17.6 Å². The smallest absolute Gasteiger partial charge is 0.218 e. The highest BCUT2D eigenvalue weighted by molar-refractivity contribution is 5.26. The summed E-state index contributed by atoms with van der Waals surface area (Å²) in [5.41, 5.74) is 0.804. The van der Waals surface area contributed by atoms with E-state index in [0.29, 0.717) is 12.4 Å². The molecule has 1 heterocycles. The fourth-order valence-electron chi connectivity index (χ4n) is 2.13. The molecule has 0 radical (unpaired) electrons. The van der Waals surface area contributed by atoms with Crippen molar-refractivity contribution in [2.24, 2.45) is 0 Å². The number of nitrogens with zero attached hydrogens (tertiary/aromatic N) is 1. The second-order valence-electron chi connectivity index (χ2n) is 4.42. The van der Waals surface area contributed by atoms with Crippen molar-refractivity contribution in [1.29, 1.82) is 0 Å². The molecule has 0 aromatic carbocycles. The van der Waals surface area contributed by atoms with E-state index in [-0.39, 0.29) is 11.9 Å². The van der Waals surface area contributed by atoms with Gasteiger partial charge in [0.2, 0.25) is 5.88 Å². The van der Waals surface area contributed by atoms with Crippen LogP contribution in [0.15, 0.2) is 12.3 Å². The molecule has 1 aliphatic rings. The third-order valence-electron chi connectivity index (χ3n) is 3.04. The summed E-state index contributed by atoms with van der Waals surface area (Å²) in [4.78, 5) is 4.06. The third kappa shape index (κ3) is 3.40. The highest BCUT2D eigenvalue weighted by Crippen LogP contribution is 2.25. The van der Waals surface area contributed by atoms with Crippen molar-refractivity contribution < 1.29 is 9.13 Å². The first-order valence-electron chi connectivity index (χ1n) is 6.31. The van der Waals surface area contributed by atoms with Crippen LogP contribution in [0, 0.1) is 5.82 Å². The van der Waals surface area contributed by atoms with Gasteiger partial charge in [0.1, 0.15) is 11.9 Å². The van der Waals surface area contributed by atoms with Crippen LogP contribution in [0.4, 0.5) is 4.39 Å². The number of hydrogen-bond donors (Lipinski definition) is 1. The average Bonchev–Trinajstić information content (AvgIpc) is 2.82. The molecule has 0 spiro atoms. The molecular weight excluding hydrogens is 219 g/mol. The van der Waals surface area contributed by atoms with E-state index in [9.17, 15) is 4.39 Å². The Morgan fingerprint density at radius 3 is 2.94 bits per heavy atom. The topological polar surface area (TPSA) is 34.2 Å². The zero-order valence-electron chi connectivity index (χ0n) is 10.2. The van der Waals surface area contributed by atoms with Crippen LogP contribution in [-0.2, 0) is 6.54 Å². The Labute approximate surface area is 101 Å². The first-order valence-corrected chi connectivity index (χ1v) is 6.31. The van der Waals surface area contributed by atoms with Crippen molar-refractivity contribution in [3.8, 4) is 5.88 Å². The van der Waals surface area contributed by atoms with Crippen LogP contribution in [0.2, 0.25) is 0 Å². The normalized spacial score (nSPS) is 16.4. The first kappa shape index (κ1) is 12.3. The number of aromatic nitrogens is 1. The van der Waals surface area contributed by atoms with Gasteiger partial charge in [0, 0.05) is 12.1 Å². The molecule has 1 saturated carbocycles. The minimum Gasteiger partial charge on any atom is -0.474 e. The number of pyridine rings is 1. The molecule has 1 aromatic rings. The van der Waals surface area contributed by atoms with E-state index in [4.69, 9.17) is 4.74 Å². The Hall–Kier alpha value is -1.16. The predicted molar refractivity (Wildman–Crippen MR) is 64.5 cm³/mol. The summed E-state index contributed by atoms with van der Waals surface area (Å²) in [6.45, 7) is 3.47. The minimum atomic E-state index is -0.309. The summed E-state index contributed by atoms with van der Waals surface area (Å²) in [5, 5.41) is 3.17. The predicted octanol–water partition coefficient (Wildman–Crippen LogP) is 2.65. The average molecular weight is 238 g/mol. The SMILES string of the molecule is CCNCc1cc(F)cnc1OC1CCCC1. The lowest BCUT2D eigenvalue weighted by Gasteiger charge is -2.15. The molecular formula is C13H19FN2O. The van der Waals surface area contributed by atoms with Crippen LogP contribution in [0.3, 0.4) is 0 Å². The van der Waals surface area contributed by atoms with Crippen LogP contribution in [0.25, 0.3) is 0 Å². The Morgan fingerprint density at radius 2 is 2.24 bits per heavy atom. The van der Waals surface area contributed by atoms with Gasteiger partial charge in [-0.05, 0) is 38.3 Å². The molecule has 1 aliphatic carbocycles. The number of hydrogen-bond acceptors (Lipinski definition) is 3. The van der Waals surface area contributed by atoms with Crippen molar-refractivity contribution in [3.63, 3.8) is 0 Å². The van der Waals surface area contributed by atoms with Gasteiger partial charge in [-0.25, -0.2) is 9.37 Å². The van der Waals surface area contributed by atoms with Crippen LogP contribution in [0.5, 0.6) is 5.88 Å². The molecule has 0 bridgehead atoms. The highest BCUT2D eigenvalue weighted by atomic mass is 19.1. The minimum absolute atomic E-state index is 0.258. The van der Waals surface area contributed by atoms with Gasteiger partial charge < -0.3 is 10.1 Å². The Bertz CT molecular complexity index is 364. The maximum absolute atomic E-state index is 13.1. The summed E-state index contributed by atoms with van der Waals surface area (Å²) in [5.74, 6) is 0.274. The van der Waals surface area contributed by atoms with Gasteiger partial charge in [-0.2, -0.15) is 0 Å². The summed E-state index contributed by atoms with van der Waals surface area (Å²) in [6.07, 6.45) is 6.08. The van der Waals surface area contributed by atoms with E-state index < -0.39 is 0 Å². The second kappa shape index (κ2) is 5.96. The lowest BCUT2D eigenvalue weighted by atomic mass is 10.2. The van der Waals surface area contributed by atoms with Crippen molar-refractivity contribution in [2.45, 2.75) is 45.3 Å². The molecule has 0 aliphatic heterocycles. The zero-order valence-corrected chi connectivity index (χ0v) is 10.2. The maximum Gasteiger partial charge on any atom is 0.218 e. The van der Waals surface area contributed by atoms with Gasteiger partial charge in [-0.15, -0.1) is 0 Å². The molecule has 2 rings (SSSR count). The molecule has 0 unspecified atom stereocenters. The van der Waals surface area contributed by atoms with Gasteiger partial charge in [0.15, 0.2) is 0 Å². The van der Waals surface area contributed by atoms with E-state index in [1.807, 2.05) is 6.92 Å². The molecule has 4 heteroatoms. The fraction of sp³-hybridized carbons (Fsp3) is 0.615. The van der Waals surface area contributed by atoms with E-state index in [0.717, 1.165) is 24.9 Å².